The standard InChI is InChI=1S/C13H14Cl2N4O2S2/c14-10-3-1-2-4-12(10)23(20,21)19-7-5-18(6-8-19)9-11-13(15)22-17-16-11/h1-4H,5-9H2. The number of aromatic nitrogens is 2. The number of hydrogen-bond donors (Lipinski definition) is 0. The normalized spacial score (nSPS) is 17.5. The summed E-state index contributed by atoms with van der Waals surface area (Å²) in [6.45, 7) is 2.61. The highest BCUT2D eigenvalue weighted by Gasteiger charge is 2.30. The highest BCUT2D eigenvalue weighted by atomic mass is 35.5. The third-order valence-corrected chi connectivity index (χ3v) is 7.05. The van der Waals surface area contributed by atoms with Crippen LogP contribution in [0.3, 0.4) is 0 Å². The first-order chi connectivity index (χ1) is 11.0. The zero-order valence-corrected chi connectivity index (χ0v) is 15.2. The fourth-order valence-electron chi connectivity index (χ4n) is 2.42. The Kier molecular flexibility index (Phi) is 5.19. The van der Waals surface area contributed by atoms with Gasteiger partial charge in [0.25, 0.3) is 0 Å². The molecule has 0 N–H and O–H groups in total. The summed E-state index contributed by atoms with van der Waals surface area (Å²) in [5, 5.41) is 4.23. The van der Waals surface area contributed by atoms with Crippen molar-refractivity contribution in [2.75, 3.05) is 26.2 Å². The van der Waals surface area contributed by atoms with Crippen LogP contribution >= 0.6 is 34.7 Å². The first-order valence-electron chi connectivity index (χ1n) is 6.92. The predicted molar refractivity (Wildman–Crippen MR) is 90.4 cm³/mol. The Morgan fingerprint density at radius 1 is 1.13 bits per heavy atom. The van der Waals surface area contributed by atoms with E-state index >= 15 is 0 Å². The molecule has 0 aliphatic carbocycles. The number of rotatable bonds is 4. The fraction of sp³-hybridized carbons (Fsp3) is 0.385. The van der Waals surface area contributed by atoms with Gasteiger partial charge in [0.15, 0.2) is 0 Å². The van der Waals surface area contributed by atoms with E-state index < -0.39 is 10.0 Å². The van der Waals surface area contributed by atoms with Crippen LogP contribution in [-0.2, 0) is 16.6 Å². The Hall–Kier alpha value is -0.770. The Labute approximate surface area is 148 Å². The topological polar surface area (TPSA) is 66.4 Å². The maximum absolute atomic E-state index is 12.7. The lowest BCUT2D eigenvalue weighted by Gasteiger charge is -2.33. The average molecular weight is 393 g/mol. The minimum absolute atomic E-state index is 0.155. The van der Waals surface area contributed by atoms with E-state index in [-0.39, 0.29) is 9.92 Å². The summed E-state index contributed by atoms with van der Waals surface area (Å²) in [6.07, 6.45) is 0. The number of hydrogen-bond acceptors (Lipinski definition) is 6. The van der Waals surface area contributed by atoms with Crippen molar-refractivity contribution >= 4 is 44.8 Å². The van der Waals surface area contributed by atoms with Gasteiger partial charge in [-0.3, -0.25) is 4.90 Å². The number of sulfonamides is 1. The molecule has 0 spiro atoms. The van der Waals surface area contributed by atoms with E-state index in [1.807, 2.05) is 0 Å². The highest BCUT2D eigenvalue weighted by molar-refractivity contribution is 7.89. The lowest BCUT2D eigenvalue weighted by atomic mass is 10.3. The Morgan fingerprint density at radius 2 is 1.83 bits per heavy atom. The maximum Gasteiger partial charge on any atom is 0.244 e. The minimum atomic E-state index is -3.56. The molecule has 0 saturated carbocycles. The summed E-state index contributed by atoms with van der Waals surface area (Å²) in [7, 11) is -3.56. The first kappa shape index (κ1) is 17.1. The van der Waals surface area contributed by atoms with Gasteiger partial charge in [-0.1, -0.05) is 39.8 Å². The molecule has 3 rings (SSSR count). The summed E-state index contributed by atoms with van der Waals surface area (Å²) in [5.74, 6) is 0. The third-order valence-electron chi connectivity index (χ3n) is 3.67. The van der Waals surface area contributed by atoms with Gasteiger partial charge in [-0.05, 0) is 12.1 Å². The van der Waals surface area contributed by atoms with Crippen LogP contribution in [0.1, 0.15) is 5.69 Å². The molecule has 1 aliphatic rings. The number of halogens is 2. The van der Waals surface area contributed by atoms with Gasteiger partial charge in [0.2, 0.25) is 10.0 Å². The van der Waals surface area contributed by atoms with Crippen molar-refractivity contribution in [3.8, 4) is 0 Å². The average Bonchev–Trinajstić information content (AvgIpc) is 2.93. The largest absolute Gasteiger partial charge is 0.295 e. The molecule has 2 heterocycles. The summed E-state index contributed by atoms with van der Waals surface area (Å²) in [5.41, 5.74) is 0.735. The van der Waals surface area contributed by atoms with Crippen molar-refractivity contribution < 1.29 is 8.42 Å². The monoisotopic (exact) mass is 392 g/mol. The molecule has 1 fully saturated rings. The molecule has 10 heteroatoms. The molecule has 1 aromatic carbocycles. The number of piperazine rings is 1. The zero-order valence-electron chi connectivity index (χ0n) is 12.0. The lowest BCUT2D eigenvalue weighted by Crippen LogP contribution is -2.48. The van der Waals surface area contributed by atoms with Gasteiger partial charge in [0.05, 0.1) is 5.02 Å². The molecule has 2 aromatic rings. The van der Waals surface area contributed by atoms with Crippen LogP contribution in [0.15, 0.2) is 29.2 Å². The minimum Gasteiger partial charge on any atom is -0.295 e. The van der Waals surface area contributed by atoms with Gasteiger partial charge in [0, 0.05) is 44.3 Å². The molecule has 1 saturated heterocycles. The number of nitrogens with zero attached hydrogens (tertiary/aromatic N) is 4. The maximum atomic E-state index is 12.7. The molecule has 0 amide bonds. The second kappa shape index (κ2) is 7.00. The van der Waals surface area contributed by atoms with Gasteiger partial charge in [-0.25, -0.2) is 8.42 Å². The van der Waals surface area contributed by atoms with Crippen LogP contribution in [0.2, 0.25) is 9.36 Å². The van der Waals surface area contributed by atoms with Crippen LogP contribution in [0, 0.1) is 0 Å². The van der Waals surface area contributed by atoms with Crippen LogP contribution < -0.4 is 0 Å². The number of benzene rings is 1. The van der Waals surface area contributed by atoms with E-state index in [4.69, 9.17) is 23.2 Å². The summed E-state index contributed by atoms with van der Waals surface area (Å²) in [4.78, 5) is 2.27. The third kappa shape index (κ3) is 3.67. The zero-order chi connectivity index (χ0) is 16.4. The molecular formula is C13H14Cl2N4O2S2. The van der Waals surface area contributed by atoms with Crippen molar-refractivity contribution in [2.24, 2.45) is 0 Å². The molecule has 1 aliphatic heterocycles. The summed E-state index contributed by atoms with van der Waals surface area (Å²) in [6, 6.07) is 6.50. The van der Waals surface area contributed by atoms with Gasteiger partial charge in [0.1, 0.15) is 14.9 Å². The Bertz CT molecular complexity index is 789. The molecule has 0 radical (unpaired) electrons. The van der Waals surface area contributed by atoms with Gasteiger partial charge < -0.3 is 0 Å². The van der Waals surface area contributed by atoms with E-state index in [9.17, 15) is 8.42 Å². The lowest BCUT2D eigenvalue weighted by molar-refractivity contribution is 0.180. The quantitative estimate of drug-likeness (QED) is 0.798. The van der Waals surface area contributed by atoms with E-state index in [0.717, 1.165) is 17.2 Å². The SMILES string of the molecule is O=S(=O)(c1ccccc1Cl)N1CCN(Cc2nnsc2Cl)CC1. The molecule has 23 heavy (non-hydrogen) atoms. The molecule has 0 bridgehead atoms. The van der Waals surface area contributed by atoms with Crippen molar-refractivity contribution in [2.45, 2.75) is 11.4 Å². The van der Waals surface area contributed by atoms with E-state index in [1.54, 1.807) is 18.2 Å². The molecule has 1 aromatic heterocycles. The van der Waals surface area contributed by atoms with E-state index in [0.29, 0.717) is 37.1 Å². The summed E-state index contributed by atoms with van der Waals surface area (Å²) >= 11 is 13.2. The molecule has 0 atom stereocenters. The van der Waals surface area contributed by atoms with Gasteiger partial charge in [-0.2, -0.15) is 4.31 Å². The fourth-order valence-corrected chi connectivity index (χ4v) is 4.95. The first-order valence-corrected chi connectivity index (χ1v) is 9.89. The second-order valence-electron chi connectivity index (χ2n) is 5.10. The van der Waals surface area contributed by atoms with Gasteiger partial charge >= 0.3 is 0 Å². The highest BCUT2D eigenvalue weighted by Crippen LogP contribution is 2.25. The smallest absolute Gasteiger partial charge is 0.244 e. The Balaban J connectivity index is 1.67. The second-order valence-corrected chi connectivity index (χ2v) is 8.77. The van der Waals surface area contributed by atoms with Crippen molar-refractivity contribution in [3.63, 3.8) is 0 Å². The van der Waals surface area contributed by atoms with Crippen LogP contribution in [0.25, 0.3) is 0 Å². The molecule has 124 valence electrons. The van der Waals surface area contributed by atoms with Crippen molar-refractivity contribution in [3.05, 3.63) is 39.3 Å². The van der Waals surface area contributed by atoms with E-state index in [1.165, 1.54) is 10.4 Å². The van der Waals surface area contributed by atoms with Crippen molar-refractivity contribution in [1.82, 2.24) is 18.8 Å². The Morgan fingerprint density at radius 3 is 2.43 bits per heavy atom. The molecular weight excluding hydrogens is 379 g/mol. The van der Waals surface area contributed by atoms with Crippen molar-refractivity contribution in [1.29, 1.82) is 0 Å². The van der Waals surface area contributed by atoms with Crippen LogP contribution in [0.4, 0.5) is 0 Å². The van der Waals surface area contributed by atoms with Crippen LogP contribution in [0.5, 0.6) is 0 Å². The molecule has 0 unspecified atom stereocenters. The van der Waals surface area contributed by atoms with Crippen LogP contribution in [-0.4, -0.2) is 53.4 Å². The summed E-state index contributed by atoms with van der Waals surface area (Å²) < 4.78 is 31.2. The predicted octanol–water partition coefficient (Wildman–Crippen LogP) is 2.35. The van der Waals surface area contributed by atoms with Gasteiger partial charge in [-0.15, -0.1) is 5.10 Å². The molecule has 6 nitrogen and oxygen atoms in total. The van der Waals surface area contributed by atoms with E-state index in [2.05, 4.69) is 14.5 Å².